The van der Waals surface area contributed by atoms with Crippen LogP contribution < -0.4 is 10.1 Å². The molecule has 42 heavy (non-hydrogen) atoms. The van der Waals surface area contributed by atoms with Crippen LogP contribution in [-0.2, 0) is 33.2 Å². The van der Waals surface area contributed by atoms with Crippen molar-refractivity contribution in [3.8, 4) is 11.5 Å². The Morgan fingerprint density at radius 2 is 1.86 bits per heavy atom. The first kappa shape index (κ1) is 28.9. The van der Waals surface area contributed by atoms with Crippen LogP contribution in [0, 0.1) is 6.92 Å². The van der Waals surface area contributed by atoms with Crippen molar-refractivity contribution < 1.29 is 23.1 Å². The van der Waals surface area contributed by atoms with Gasteiger partial charge in [0.15, 0.2) is 5.03 Å². The topological polar surface area (TPSA) is 136 Å². The number of hydrogen-bond acceptors (Lipinski definition) is 8. The Hall–Kier alpha value is -4.61. The number of aliphatic hydroxyl groups is 1. The zero-order chi connectivity index (χ0) is 30.1. The fraction of sp³-hybridized carbons (Fsp3) is 0.226. The molecule has 3 heterocycles. The lowest BCUT2D eigenvalue weighted by molar-refractivity contribution is -0.115. The van der Waals surface area contributed by atoms with Gasteiger partial charge in [0.25, 0.3) is 0 Å². The summed E-state index contributed by atoms with van der Waals surface area (Å²) in [7, 11) is -3.96. The monoisotopic (exact) mass is 585 g/mol. The van der Waals surface area contributed by atoms with Crippen LogP contribution in [0.3, 0.4) is 0 Å². The number of benzene rings is 2. The summed E-state index contributed by atoms with van der Waals surface area (Å²) in [6, 6.07) is 16.2. The number of hydrogen-bond donors (Lipinski definition) is 2. The van der Waals surface area contributed by atoms with Crippen molar-refractivity contribution in [3.63, 3.8) is 0 Å². The lowest BCUT2D eigenvalue weighted by Crippen LogP contribution is -2.22. The van der Waals surface area contributed by atoms with E-state index in [9.17, 15) is 18.3 Å². The first-order chi connectivity index (χ1) is 19.9. The predicted molar refractivity (Wildman–Crippen MR) is 158 cm³/mol. The second kappa shape index (κ2) is 11.3. The molecule has 0 saturated heterocycles. The number of pyridine rings is 2. The number of ether oxygens (including phenoxy) is 1. The molecule has 11 heteroatoms. The van der Waals surface area contributed by atoms with Gasteiger partial charge in [-0.3, -0.25) is 14.5 Å². The number of rotatable bonds is 8. The number of sulfone groups is 1. The number of nitrogens with one attached hydrogen (secondary N) is 1. The molecule has 0 spiro atoms. The maximum absolute atomic E-state index is 13.3. The van der Waals surface area contributed by atoms with E-state index in [4.69, 9.17) is 4.74 Å². The van der Waals surface area contributed by atoms with Gasteiger partial charge in [-0.25, -0.2) is 13.4 Å². The van der Waals surface area contributed by atoms with Crippen LogP contribution >= 0.6 is 0 Å². The average Bonchev–Trinajstić information content (AvgIpc) is 3.43. The maximum atomic E-state index is 13.3. The predicted octanol–water partition coefficient (Wildman–Crippen LogP) is 5.19. The Kier molecular flexibility index (Phi) is 7.81. The number of aromatic nitrogens is 4. The third kappa shape index (κ3) is 6.17. The number of anilines is 1. The largest absolute Gasteiger partial charge is 0.456 e. The third-order valence-corrected chi connectivity index (χ3v) is 8.23. The summed E-state index contributed by atoms with van der Waals surface area (Å²) in [6.45, 7) is 7.61. The summed E-state index contributed by atoms with van der Waals surface area (Å²) in [5, 5.41) is 16.9. The van der Waals surface area contributed by atoms with Crippen molar-refractivity contribution in [2.75, 3.05) is 5.32 Å². The molecule has 5 rings (SSSR count). The molecule has 0 bridgehead atoms. The fourth-order valence-corrected chi connectivity index (χ4v) is 5.63. The molecule has 0 fully saturated rings. The quantitative estimate of drug-likeness (QED) is 0.254. The summed E-state index contributed by atoms with van der Waals surface area (Å²) in [6.07, 6.45) is 5.20. The Morgan fingerprint density at radius 1 is 1.05 bits per heavy atom. The first-order valence-corrected chi connectivity index (χ1v) is 14.8. The molecule has 0 radical (unpaired) electrons. The number of amides is 1. The van der Waals surface area contributed by atoms with Gasteiger partial charge >= 0.3 is 0 Å². The number of fused-ring (bicyclic) bond motifs is 1. The van der Waals surface area contributed by atoms with E-state index in [1.54, 1.807) is 53.6 Å². The normalized spacial score (nSPS) is 11.9. The average molecular weight is 586 g/mol. The van der Waals surface area contributed by atoms with Gasteiger partial charge in [-0.1, -0.05) is 18.2 Å². The molecule has 0 aliphatic carbocycles. The highest BCUT2D eigenvalue weighted by molar-refractivity contribution is 7.91. The van der Waals surface area contributed by atoms with Crippen LogP contribution in [0.2, 0.25) is 0 Å². The van der Waals surface area contributed by atoms with Crippen molar-refractivity contribution >= 4 is 32.3 Å². The highest BCUT2D eigenvalue weighted by Gasteiger charge is 2.21. The Morgan fingerprint density at radius 3 is 2.57 bits per heavy atom. The molecule has 0 aliphatic rings. The SMILES string of the molecule is Cc1cc(CC(=O)Nc2cnn(C(C)(C)C)c2)ccc1Oc1ccnc2ccc(S(=O)(=O)c3cccc(CO)n3)cc12. The standard InChI is InChI=1S/C31H31N5O5S/c1-20-14-21(15-29(38)34-23-17-33-36(18-23)31(2,3)4)8-11-27(20)41-28-12-13-32-26-10-9-24(16-25(26)28)42(39,40)30-7-5-6-22(19-37)35-30/h5-14,16-18,37H,15,19H2,1-4H3,(H,34,38). The van der Waals surface area contributed by atoms with Gasteiger partial charge in [-0.2, -0.15) is 5.10 Å². The number of aliphatic hydroxyl groups excluding tert-OH is 1. The molecular weight excluding hydrogens is 554 g/mol. The summed E-state index contributed by atoms with van der Waals surface area (Å²) >= 11 is 0. The molecule has 2 aromatic carbocycles. The lowest BCUT2D eigenvalue weighted by Gasteiger charge is -2.18. The number of carbonyl (C=O) groups is 1. The minimum absolute atomic E-state index is 0.0292. The van der Waals surface area contributed by atoms with Crippen LogP contribution in [0.5, 0.6) is 11.5 Å². The Balaban J connectivity index is 1.36. The van der Waals surface area contributed by atoms with E-state index in [-0.39, 0.29) is 40.1 Å². The van der Waals surface area contributed by atoms with Crippen LogP contribution in [0.15, 0.2) is 89.2 Å². The zero-order valence-corrected chi connectivity index (χ0v) is 24.5. The Labute approximate surface area is 243 Å². The van der Waals surface area contributed by atoms with Gasteiger partial charge in [0.05, 0.1) is 46.6 Å². The van der Waals surface area contributed by atoms with Gasteiger partial charge in [0, 0.05) is 17.8 Å². The van der Waals surface area contributed by atoms with Crippen molar-refractivity contribution in [2.24, 2.45) is 0 Å². The van der Waals surface area contributed by atoms with E-state index in [1.807, 2.05) is 39.8 Å². The van der Waals surface area contributed by atoms with Gasteiger partial charge in [0.1, 0.15) is 11.5 Å². The molecule has 10 nitrogen and oxygen atoms in total. The molecule has 5 aromatic rings. The molecular formula is C31H31N5O5S. The van der Waals surface area contributed by atoms with Crippen LogP contribution in [-0.4, -0.2) is 39.2 Å². The minimum atomic E-state index is -3.96. The summed E-state index contributed by atoms with van der Waals surface area (Å²) < 4.78 is 34.7. The molecule has 0 atom stereocenters. The van der Waals surface area contributed by atoms with E-state index in [2.05, 4.69) is 20.4 Å². The summed E-state index contributed by atoms with van der Waals surface area (Å²) in [5.74, 6) is 0.826. The van der Waals surface area contributed by atoms with E-state index in [1.165, 1.54) is 18.2 Å². The molecule has 216 valence electrons. The van der Waals surface area contributed by atoms with Crippen LogP contribution in [0.1, 0.15) is 37.6 Å². The highest BCUT2D eigenvalue weighted by atomic mass is 32.2. The van der Waals surface area contributed by atoms with E-state index in [0.717, 1.165) is 11.1 Å². The minimum Gasteiger partial charge on any atom is -0.456 e. The molecule has 0 unspecified atom stereocenters. The van der Waals surface area contributed by atoms with Crippen LogP contribution in [0.25, 0.3) is 10.9 Å². The van der Waals surface area contributed by atoms with Gasteiger partial charge in [0.2, 0.25) is 15.7 Å². The van der Waals surface area contributed by atoms with Gasteiger partial charge in [-0.05, 0) is 81.3 Å². The number of nitrogens with zero attached hydrogens (tertiary/aromatic N) is 4. The molecule has 0 saturated carbocycles. The highest BCUT2D eigenvalue weighted by Crippen LogP contribution is 2.33. The number of aryl methyl sites for hydroxylation is 1. The van der Waals surface area contributed by atoms with Crippen molar-refractivity contribution in [2.45, 2.75) is 56.2 Å². The molecule has 1 amide bonds. The van der Waals surface area contributed by atoms with E-state index < -0.39 is 9.84 Å². The molecule has 3 aromatic heterocycles. The second-order valence-corrected chi connectivity index (χ2v) is 12.8. The van der Waals surface area contributed by atoms with Gasteiger partial charge < -0.3 is 15.2 Å². The zero-order valence-electron chi connectivity index (χ0n) is 23.7. The van der Waals surface area contributed by atoms with E-state index >= 15 is 0 Å². The fourth-order valence-electron chi connectivity index (χ4n) is 4.37. The first-order valence-electron chi connectivity index (χ1n) is 13.3. The Bertz CT molecular complexity index is 1890. The molecule has 2 N–H and O–H groups in total. The molecule has 0 aliphatic heterocycles. The maximum Gasteiger partial charge on any atom is 0.228 e. The second-order valence-electron chi connectivity index (χ2n) is 10.9. The summed E-state index contributed by atoms with van der Waals surface area (Å²) in [5.41, 5.74) is 2.88. The van der Waals surface area contributed by atoms with Gasteiger partial charge in [-0.15, -0.1) is 0 Å². The van der Waals surface area contributed by atoms with Crippen molar-refractivity contribution in [1.29, 1.82) is 0 Å². The van der Waals surface area contributed by atoms with Crippen molar-refractivity contribution in [3.05, 3.63) is 96.1 Å². The van der Waals surface area contributed by atoms with E-state index in [0.29, 0.717) is 28.1 Å². The summed E-state index contributed by atoms with van der Waals surface area (Å²) in [4.78, 5) is 21.1. The lowest BCUT2D eigenvalue weighted by atomic mass is 10.1. The van der Waals surface area contributed by atoms with Crippen molar-refractivity contribution in [1.82, 2.24) is 19.7 Å². The van der Waals surface area contributed by atoms with Crippen LogP contribution in [0.4, 0.5) is 5.69 Å². The number of carbonyl (C=O) groups excluding carboxylic acids is 1. The smallest absolute Gasteiger partial charge is 0.228 e. The third-order valence-electron chi connectivity index (χ3n) is 6.58.